The van der Waals surface area contributed by atoms with E-state index in [1.807, 2.05) is 12.1 Å². The maximum atomic E-state index is 12.3. The van der Waals surface area contributed by atoms with Gasteiger partial charge in [-0.3, -0.25) is 4.79 Å². The van der Waals surface area contributed by atoms with Crippen LogP contribution in [0.25, 0.3) is 0 Å². The molecule has 3 rings (SSSR count). The zero-order chi connectivity index (χ0) is 15.6. The molecule has 1 aliphatic rings. The molecule has 0 bridgehead atoms. The molecule has 0 aliphatic heterocycles. The zero-order valence-corrected chi connectivity index (χ0v) is 13.1. The molecule has 1 amide bonds. The maximum Gasteiger partial charge on any atom is 0.251 e. The molecule has 4 heteroatoms. The lowest BCUT2D eigenvalue weighted by Gasteiger charge is -2.42. The Bertz CT molecular complexity index is 678. The number of rotatable bonds is 4. The number of hydrogen-bond donors (Lipinski definition) is 2. The number of carbonyl (C=O) groups excluding carboxylic acids is 1. The van der Waals surface area contributed by atoms with E-state index in [1.165, 1.54) is 12.0 Å². The third-order valence-electron chi connectivity index (χ3n) is 4.50. The topological polar surface area (TPSA) is 55.1 Å². The van der Waals surface area contributed by atoms with Gasteiger partial charge >= 0.3 is 0 Å². The average molecular weight is 315 g/mol. The van der Waals surface area contributed by atoms with E-state index in [1.54, 1.807) is 24.3 Å². The highest BCUT2D eigenvalue weighted by Crippen LogP contribution is 2.43. The summed E-state index contributed by atoms with van der Waals surface area (Å²) in [4.78, 5) is 12.3. The molecule has 0 unspecified atom stereocenters. The molecule has 0 spiro atoms. The van der Waals surface area contributed by atoms with Crippen molar-refractivity contribution in [2.45, 2.75) is 24.7 Å². The standard InChI is InChI=1S/C18H19ClN2O/c19-15-7-5-14(6-8-15)18(9-2-10-18)12-21-17(22)13-3-1-4-16(20)11-13/h1,3-8,11H,2,9-10,12,20H2,(H,21,22). The summed E-state index contributed by atoms with van der Waals surface area (Å²) in [7, 11) is 0. The van der Waals surface area contributed by atoms with Crippen LogP contribution in [0.4, 0.5) is 5.69 Å². The SMILES string of the molecule is Nc1cccc(C(=O)NCC2(c3ccc(Cl)cc3)CCC2)c1. The molecular formula is C18H19ClN2O. The van der Waals surface area contributed by atoms with Crippen LogP contribution in [-0.4, -0.2) is 12.5 Å². The Kier molecular flexibility index (Phi) is 4.08. The number of amides is 1. The van der Waals surface area contributed by atoms with E-state index in [2.05, 4.69) is 17.4 Å². The summed E-state index contributed by atoms with van der Waals surface area (Å²) < 4.78 is 0. The predicted octanol–water partition coefficient (Wildman–Crippen LogP) is 3.77. The third kappa shape index (κ3) is 2.95. The second-order valence-corrected chi connectivity index (χ2v) is 6.39. The minimum absolute atomic E-state index is 0.0422. The van der Waals surface area contributed by atoms with Gasteiger partial charge in [0.1, 0.15) is 0 Å². The molecule has 0 radical (unpaired) electrons. The first-order chi connectivity index (χ1) is 10.6. The first-order valence-electron chi connectivity index (χ1n) is 7.49. The van der Waals surface area contributed by atoms with E-state index < -0.39 is 0 Å². The fourth-order valence-electron chi connectivity index (χ4n) is 3.01. The van der Waals surface area contributed by atoms with Gasteiger partial charge in [-0.05, 0) is 48.7 Å². The lowest BCUT2D eigenvalue weighted by molar-refractivity contribution is 0.0928. The van der Waals surface area contributed by atoms with Crippen molar-refractivity contribution in [1.82, 2.24) is 5.32 Å². The van der Waals surface area contributed by atoms with Crippen molar-refractivity contribution in [2.24, 2.45) is 0 Å². The van der Waals surface area contributed by atoms with Crippen LogP contribution in [-0.2, 0) is 5.41 Å². The van der Waals surface area contributed by atoms with Gasteiger partial charge in [0, 0.05) is 28.2 Å². The highest BCUT2D eigenvalue weighted by Gasteiger charge is 2.38. The van der Waals surface area contributed by atoms with Gasteiger partial charge in [-0.15, -0.1) is 0 Å². The number of anilines is 1. The van der Waals surface area contributed by atoms with Crippen molar-refractivity contribution in [2.75, 3.05) is 12.3 Å². The van der Waals surface area contributed by atoms with Crippen molar-refractivity contribution in [3.8, 4) is 0 Å². The van der Waals surface area contributed by atoms with Crippen LogP contribution in [0.2, 0.25) is 5.02 Å². The van der Waals surface area contributed by atoms with Gasteiger partial charge in [0.25, 0.3) is 5.91 Å². The molecule has 1 fully saturated rings. The molecule has 0 heterocycles. The largest absolute Gasteiger partial charge is 0.399 e. The second-order valence-electron chi connectivity index (χ2n) is 5.95. The van der Waals surface area contributed by atoms with Crippen LogP contribution >= 0.6 is 11.6 Å². The lowest BCUT2D eigenvalue weighted by Crippen LogP contribution is -2.45. The van der Waals surface area contributed by atoms with Crippen LogP contribution in [0.5, 0.6) is 0 Å². The van der Waals surface area contributed by atoms with E-state index in [4.69, 9.17) is 17.3 Å². The average Bonchev–Trinajstić information content (AvgIpc) is 2.47. The van der Waals surface area contributed by atoms with Crippen molar-refractivity contribution in [3.63, 3.8) is 0 Å². The molecule has 1 saturated carbocycles. The van der Waals surface area contributed by atoms with Crippen LogP contribution in [0.1, 0.15) is 35.2 Å². The number of hydrogen-bond acceptors (Lipinski definition) is 2. The summed E-state index contributed by atoms with van der Waals surface area (Å²) >= 11 is 5.96. The number of nitrogens with one attached hydrogen (secondary N) is 1. The Balaban J connectivity index is 1.71. The fraction of sp³-hybridized carbons (Fsp3) is 0.278. The number of carbonyl (C=O) groups is 1. The Morgan fingerprint density at radius 2 is 1.91 bits per heavy atom. The molecule has 2 aromatic carbocycles. The smallest absolute Gasteiger partial charge is 0.251 e. The number of nitrogens with two attached hydrogens (primary N) is 1. The Labute approximate surface area is 135 Å². The van der Waals surface area contributed by atoms with Gasteiger partial charge in [0.15, 0.2) is 0 Å². The minimum Gasteiger partial charge on any atom is -0.399 e. The zero-order valence-electron chi connectivity index (χ0n) is 12.3. The van der Waals surface area contributed by atoms with Gasteiger partial charge < -0.3 is 11.1 Å². The highest BCUT2D eigenvalue weighted by molar-refractivity contribution is 6.30. The van der Waals surface area contributed by atoms with E-state index >= 15 is 0 Å². The Morgan fingerprint density at radius 3 is 2.50 bits per heavy atom. The molecule has 0 saturated heterocycles. The van der Waals surface area contributed by atoms with Crippen LogP contribution < -0.4 is 11.1 Å². The van der Waals surface area contributed by atoms with Gasteiger partial charge in [-0.2, -0.15) is 0 Å². The van der Waals surface area contributed by atoms with E-state index in [9.17, 15) is 4.79 Å². The van der Waals surface area contributed by atoms with Gasteiger partial charge in [0.05, 0.1) is 0 Å². The van der Waals surface area contributed by atoms with Gasteiger partial charge in [0.2, 0.25) is 0 Å². The number of halogens is 1. The van der Waals surface area contributed by atoms with Crippen molar-refractivity contribution < 1.29 is 4.79 Å². The maximum absolute atomic E-state index is 12.3. The predicted molar refractivity (Wildman–Crippen MR) is 90.2 cm³/mol. The first-order valence-corrected chi connectivity index (χ1v) is 7.87. The second kappa shape index (κ2) is 6.01. The molecule has 0 atom stereocenters. The first kappa shape index (κ1) is 14.9. The van der Waals surface area contributed by atoms with E-state index in [0.29, 0.717) is 17.8 Å². The van der Waals surface area contributed by atoms with Crippen LogP contribution in [0.15, 0.2) is 48.5 Å². The molecule has 2 aromatic rings. The lowest BCUT2D eigenvalue weighted by atomic mass is 9.64. The van der Waals surface area contributed by atoms with Crippen LogP contribution in [0.3, 0.4) is 0 Å². The number of nitrogen functional groups attached to an aromatic ring is 1. The van der Waals surface area contributed by atoms with Gasteiger partial charge in [-0.1, -0.05) is 36.2 Å². The normalized spacial score (nSPS) is 15.9. The summed E-state index contributed by atoms with van der Waals surface area (Å²) in [6.07, 6.45) is 3.37. The summed E-state index contributed by atoms with van der Waals surface area (Å²) in [6, 6.07) is 15.0. The molecular weight excluding hydrogens is 296 g/mol. The molecule has 22 heavy (non-hydrogen) atoms. The molecule has 0 aromatic heterocycles. The fourth-order valence-corrected chi connectivity index (χ4v) is 3.13. The third-order valence-corrected chi connectivity index (χ3v) is 4.76. The van der Waals surface area contributed by atoms with Crippen molar-refractivity contribution >= 4 is 23.2 Å². The highest BCUT2D eigenvalue weighted by atomic mass is 35.5. The molecule has 114 valence electrons. The van der Waals surface area contributed by atoms with E-state index in [0.717, 1.165) is 17.9 Å². The minimum atomic E-state index is -0.0764. The number of benzene rings is 2. The van der Waals surface area contributed by atoms with Gasteiger partial charge in [-0.25, -0.2) is 0 Å². The summed E-state index contributed by atoms with van der Waals surface area (Å²) in [5, 5.41) is 3.79. The van der Waals surface area contributed by atoms with Crippen molar-refractivity contribution in [3.05, 3.63) is 64.7 Å². The quantitative estimate of drug-likeness (QED) is 0.844. The molecule has 3 N–H and O–H groups in total. The monoisotopic (exact) mass is 314 g/mol. The van der Waals surface area contributed by atoms with Crippen molar-refractivity contribution in [1.29, 1.82) is 0 Å². The Morgan fingerprint density at radius 1 is 1.18 bits per heavy atom. The summed E-state index contributed by atoms with van der Waals surface area (Å²) in [5.41, 5.74) is 8.22. The molecule has 1 aliphatic carbocycles. The summed E-state index contributed by atoms with van der Waals surface area (Å²) in [5.74, 6) is -0.0764. The molecule has 3 nitrogen and oxygen atoms in total. The Hall–Kier alpha value is -2.00. The van der Waals surface area contributed by atoms with E-state index in [-0.39, 0.29) is 11.3 Å². The summed E-state index contributed by atoms with van der Waals surface area (Å²) in [6.45, 7) is 0.641. The van der Waals surface area contributed by atoms with Crippen LogP contribution in [0, 0.1) is 0 Å².